The molecule has 0 bridgehead atoms. The molecule has 0 aliphatic carbocycles. The van der Waals surface area contributed by atoms with E-state index in [-0.39, 0.29) is 18.0 Å². The zero-order valence-electron chi connectivity index (χ0n) is 7.91. The lowest BCUT2D eigenvalue weighted by Crippen LogP contribution is -2.51. The Bertz CT molecular complexity index is 295. The number of rotatable bonds is 3. The molecule has 2 rings (SSSR count). The van der Waals surface area contributed by atoms with Crippen LogP contribution in [0.4, 0.5) is 4.39 Å². The molecule has 1 heterocycles. The molecule has 1 aliphatic rings. The molecule has 0 radical (unpaired) electrons. The molecule has 0 saturated carbocycles. The van der Waals surface area contributed by atoms with Crippen LogP contribution in [0.25, 0.3) is 0 Å². The van der Waals surface area contributed by atoms with E-state index in [0.717, 1.165) is 18.5 Å². The van der Waals surface area contributed by atoms with Gasteiger partial charge >= 0.3 is 0 Å². The van der Waals surface area contributed by atoms with Crippen molar-refractivity contribution < 1.29 is 9.50 Å². The Morgan fingerprint density at radius 3 is 2.57 bits per heavy atom. The predicted octanol–water partition coefficient (Wildman–Crippen LogP) is 1.09. The van der Waals surface area contributed by atoms with Crippen LogP contribution in [0.15, 0.2) is 24.3 Å². The molecular weight excluding hydrogens is 181 g/mol. The minimum atomic E-state index is -0.353. The van der Waals surface area contributed by atoms with Crippen LogP contribution in [0.5, 0.6) is 0 Å². The third kappa shape index (κ3) is 2.11. The number of nitrogens with one attached hydrogen (secondary N) is 1. The van der Waals surface area contributed by atoms with Gasteiger partial charge in [0.2, 0.25) is 0 Å². The van der Waals surface area contributed by atoms with E-state index in [1.165, 1.54) is 12.1 Å². The number of hydrogen-bond acceptors (Lipinski definition) is 2. The van der Waals surface area contributed by atoms with Crippen LogP contribution in [-0.2, 0) is 6.42 Å². The first-order valence-corrected chi connectivity index (χ1v) is 4.91. The van der Waals surface area contributed by atoms with Crippen LogP contribution in [0.2, 0.25) is 0 Å². The van der Waals surface area contributed by atoms with E-state index in [2.05, 4.69) is 5.32 Å². The molecule has 1 fully saturated rings. The second kappa shape index (κ2) is 4.07. The van der Waals surface area contributed by atoms with E-state index in [1.807, 2.05) is 0 Å². The molecule has 1 aliphatic heterocycles. The molecule has 0 aromatic heterocycles. The Morgan fingerprint density at radius 2 is 2.07 bits per heavy atom. The SMILES string of the molecule is OC(Cc1ccc(F)cc1)C1CCN1. The largest absolute Gasteiger partial charge is 0.391 e. The van der Waals surface area contributed by atoms with E-state index >= 15 is 0 Å². The van der Waals surface area contributed by atoms with Gasteiger partial charge < -0.3 is 10.4 Å². The standard InChI is InChI=1S/C11H14FNO/c12-9-3-1-8(2-4-9)7-11(14)10-5-6-13-10/h1-4,10-11,13-14H,5-7H2. The Labute approximate surface area is 82.8 Å². The lowest BCUT2D eigenvalue weighted by atomic mass is 9.95. The van der Waals surface area contributed by atoms with Crippen LogP contribution in [0.1, 0.15) is 12.0 Å². The second-order valence-corrected chi connectivity index (χ2v) is 3.75. The average Bonchev–Trinajstić information content (AvgIpc) is 2.06. The first kappa shape index (κ1) is 9.62. The van der Waals surface area contributed by atoms with Gasteiger partial charge in [-0.2, -0.15) is 0 Å². The number of benzene rings is 1. The minimum Gasteiger partial charge on any atom is -0.391 e. The minimum absolute atomic E-state index is 0.222. The first-order valence-electron chi connectivity index (χ1n) is 4.91. The molecule has 2 nitrogen and oxygen atoms in total. The highest BCUT2D eigenvalue weighted by Gasteiger charge is 2.24. The summed E-state index contributed by atoms with van der Waals surface area (Å²) in [6, 6.07) is 6.51. The highest BCUT2D eigenvalue weighted by Crippen LogP contribution is 2.13. The van der Waals surface area contributed by atoms with Gasteiger partial charge in [-0.3, -0.25) is 0 Å². The fraction of sp³-hybridized carbons (Fsp3) is 0.455. The fourth-order valence-electron chi connectivity index (χ4n) is 1.64. The Hall–Kier alpha value is -0.930. The average molecular weight is 195 g/mol. The van der Waals surface area contributed by atoms with Crippen molar-refractivity contribution in [3.05, 3.63) is 35.6 Å². The molecule has 2 N–H and O–H groups in total. The smallest absolute Gasteiger partial charge is 0.123 e. The fourth-order valence-corrected chi connectivity index (χ4v) is 1.64. The monoisotopic (exact) mass is 195 g/mol. The van der Waals surface area contributed by atoms with Crippen LogP contribution in [0.3, 0.4) is 0 Å². The van der Waals surface area contributed by atoms with Gasteiger partial charge in [-0.15, -0.1) is 0 Å². The molecule has 3 heteroatoms. The van der Waals surface area contributed by atoms with Gasteiger partial charge in [-0.1, -0.05) is 12.1 Å². The molecule has 14 heavy (non-hydrogen) atoms. The maximum absolute atomic E-state index is 12.6. The summed E-state index contributed by atoms with van der Waals surface area (Å²) in [4.78, 5) is 0. The Morgan fingerprint density at radius 1 is 1.43 bits per heavy atom. The normalized spacial score (nSPS) is 22.9. The van der Waals surface area contributed by atoms with Gasteiger partial charge in [-0.25, -0.2) is 4.39 Å². The third-order valence-corrected chi connectivity index (χ3v) is 2.68. The van der Waals surface area contributed by atoms with Crippen LogP contribution in [-0.4, -0.2) is 23.8 Å². The van der Waals surface area contributed by atoms with E-state index in [0.29, 0.717) is 6.42 Å². The molecule has 1 saturated heterocycles. The van der Waals surface area contributed by atoms with Crippen molar-refractivity contribution in [2.24, 2.45) is 0 Å². The maximum Gasteiger partial charge on any atom is 0.123 e. The molecule has 2 unspecified atom stereocenters. The van der Waals surface area contributed by atoms with Gasteiger partial charge in [0.05, 0.1) is 6.10 Å². The van der Waals surface area contributed by atoms with E-state index in [1.54, 1.807) is 12.1 Å². The van der Waals surface area contributed by atoms with Gasteiger partial charge in [0.15, 0.2) is 0 Å². The lowest BCUT2D eigenvalue weighted by Gasteiger charge is -2.32. The lowest BCUT2D eigenvalue weighted by molar-refractivity contribution is 0.0956. The van der Waals surface area contributed by atoms with Crippen LogP contribution < -0.4 is 5.32 Å². The summed E-state index contributed by atoms with van der Waals surface area (Å²) >= 11 is 0. The molecule has 76 valence electrons. The molecule has 2 atom stereocenters. The molecular formula is C11H14FNO. The van der Waals surface area contributed by atoms with Crippen molar-refractivity contribution in [2.45, 2.75) is 25.0 Å². The van der Waals surface area contributed by atoms with Crippen molar-refractivity contribution in [3.63, 3.8) is 0 Å². The number of halogens is 1. The van der Waals surface area contributed by atoms with Crippen molar-refractivity contribution in [2.75, 3.05) is 6.54 Å². The van der Waals surface area contributed by atoms with Gasteiger partial charge in [0, 0.05) is 6.04 Å². The maximum atomic E-state index is 12.6. The molecule has 0 spiro atoms. The zero-order chi connectivity index (χ0) is 9.97. The summed E-state index contributed by atoms with van der Waals surface area (Å²) in [7, 11) is 0. The Balaban J connectivity index is 1.92. The summed E-state index contributed by atoms with van der Waals surface area (Å²) in [6.07, 6.45) is 1.27. The van der Waals surface area contributed by atoms with Crippen molar-refractivity contribution in [1.82, 2.24) is 5.32 Å². The van der Waals surface area contributed by atoms with Gasteiger partial charge in [0.25, 0.3) is 0 Å². The Kier molecular flexibility index (Phi) is 2.79. The highest BCUT2D eigenvalue weighted by molar-refractivity contribution is 5.17. The highest BCUT2D eigenvalue weighted by atomic mass is 19.1. The van der Waals surface area contributed by atoms with E-state index < -0.39 is 0 Å². The summed E-state index contributed by atoms with van der Waals surface area (Å²) in [5.41, 5.74) is 0.979. The number of aliphatic hydroxyl groups is 1. The van der Waals surface area contributed by atoms with Crippen molar-refractivity contribution >= 4 is 0 Å². The van der Waals surface area contributed by atoms with Crippen LogP contribution in [0, 0.1) is 5.82 Å². The topological polar surface area (TPSA) is 32.3 Å². The van der Waals surface area contributed by atoms with Gasteiger partial charge in [0.1, 0.15) is 5.82 Å². The summed E-state index contributed by atoms with van der Waals surface area (Å²) in [5.74, 6) is -0.231. The van der Waals surface area contributed by atoms with E-state index in [4.69, 9.17) is 0 Å². The molecule has 1 aromatic rings. The quantitative estimate of drug-likeness (QED) is 0.756. The summed E-state index contributed by atoms with van der Waals surface area (Å²) in [6.45, 7) is 0.991. The number of hydrogen-bond donors (Lipinski definition) is 2. The first-order chi connectivity index (χ1) is 6.75. The van der Waals surface area contributed by atoms with Crippen molar-refractivity contribution in [1.29, 1.82) is 0 Å². The number of aliphatic hydroxyl groups excluding tert-OH is 1. The summed E-state index contributed by atoms with van der Waals surface area (Å²) < 4.78 is 12.6. The predicted molar refractivity (Wildman–Crippen MR) is 52.5 cm³/mol. The summed E-state index contributed by atoms with van der Waals surface area (Å²) in [5, 5.41) is 12.9. The molecule has 0 amide bonds. The third-order valence-electron chi connectivity index (χ3n) is 2.68. The van der Waals surface area contributed by atoms with Crippen LogP contribution >= 0.6 is 0 Å². The zero-order valence-corrected chi connectivity index (χ0v) is 7.91. The second-order valence-electron chi connectivity index (χ2n) is 3.75. The van der Waals surface area contributed by atoms with Crippen molar-refractivity contribution in [3.8, 4) is 0 Å². The van der Waals surface area contributed by atoms with Gasteiger partial charge in [-0.05, 0) is 37.1 Å². The van der Waals surface area contributed by atoms with E-state index in [9.17, 15) is 9.50 Å². The molecule has 1 aromatic carbocycles.